The van der Waals surface area contributed by atoms with E-state index in [0.717, 1.165) is 0 Å². The van der Waals surface area contributed by atoms with E-state index >= 15 is 0 Å². The average molecular weight is 384 g/mol. The molecule has 0 radical (unpaired) electrons. The highest BCUT2D eigenvalue weighted by atomic mass is 79.9. The molecular formula is C17H22BrNO4. The minimum absolute atomic E-state index is 0.215. The summed E-state index contributed by atoms with van der Waals surface area (Å²) in [6.07, 6.45) is 0.605. The molecule has 0 aromatic heterocycles. The quantitative estimate of drug-likeness (QED) is 0.531. The second-order valence-electron chi connectivity index (χ2n) is 5.56. The van der Waals surface area contributed by atoms with Crippen LogP contribution in [-0.4, -0.2) is 27.6 Å². The first-order valence-electron chi connectivity index (χ1n) is 7.47. The lowest BCUT2D eigenvalue weighted by molar-refractivity contribution is -0.152. The molecule has 5 nitrogen and oxygen atoms in total. The maximum Gasteiger partial charge on any atom is 0.331 e. The molecule has 1 aromatic rings. The number of benzene rings is 1. The number of aliphatic hydroxyl groups excluding tert-OH is 2. The summed E-state index contributed by atoms with van der Waals surface area (Å²) < 4.78 is 5.30. The Bertz CT molecular complexity index is 582. The lowest BCUT2D eigenvalue weighted by atomic mass is 9.77. The van der Waals surface area contributed by atoms with Crippen LogP contribution in [0.15, 0.2) is 18.2 Å². The largest absolute Gasteiger partial charge is 0.462 e. The molecule has 1 aromatic carbocycles. The summed E-state index contributed by atoms with van der Waals surface area (Å²) in [6.45, 7) is 2.98. The van der Waals surface area contributed by atoms with Gasteiger partial charge in [0, 0.05) is 5.33 Å². The van der Waals surface area contributed by atoms with Gasteiger partial charge in [-0.1, -0.05) is 34.1 Å². The molecule has 126 valence electrons. The van der Waals surface area contributed by atoms with E-state index in [0.29, 0.717) is 34.9 Å². The Kier molecular flexibility index (Phi) is 7.69. The number of ether oxygens (including phenoxy) is 1. The number of carbonyl (C=O) groups excluding carboxylic acids is 1. The molecule has 6 heteroatoms. The van der Waals surface area contributed by atoms with Gasteiger partial charge in [-0.25, -0.2) is 4.79 Å². The van der Waals surface area contributed by atoms with Crippen LogP contribution in [0.25, 0.3) is 0 Å². The number of aliphatic hydroxyl groups is 2. The van der Waals surface area contributed by atoms with Crippen LogP contribution >= 0.6 is 15.9 Å². The molecule has 1 rings (SSSR count). The van der Waals surface area contributed by atoms with Gasteiger partial charge in [-0.05, 0) is 43.4 Å². The van der Waals surface area contributed by atoms with E-state index < -0.39 is 11.4 Å². The van der Waals surface area contributed by atoms with Gasteiger partial charge in [-0.15, -0.1) is 0 Å². The van der Waals surface area contributed by atoms with Gasteiger partial charge in [0.2, 0.25) is 0 Å². The van der Waals surface area contributed by atoms with E-state index in [1.807, 2.05) is 0 Å². The molecule has 1 atom stereocenters. The van der Waals surface area contributed by atoms with E-state index in [9.17, 15) is 20.3 Å². The van der Waals surface area contributed by atoms with Crippen LogP contribution in [0.2, 0.25) is 0 Å². The monoisotopic (exact) mass is 383 g/mol. The molecule has 1 unspecified atom stereocenters. The molecule has 23 heavy (non-hydrogen) atoms. The van der Waals surface area contributed by atoms with E-state index in [1.54, 1.807) is 32.0 Å². The number of halogens is 1. The smallest absolute Gasteiger partial charge is 0.331 e. The van der Waals surface area contributed by atoms with Gasteiger partial charge in [-0.2, -0.15) is 5.26 Å². The fraction of sp³-hybridized carbons (Fsp3) is 0.529. The fourth-order valence-corrected chi connectivity index (χ4v) is 2.65. The van der Waals surface area contributed by atoms with Crippen LogP contribution in [0.3, 0.4) is 0 Å². The second kappa shape index (κ2) is 9.02. The highest BCUT2D eigenvalue weighted by Crippen LogP contribution is 2.33. The lowest BCUT2D eigenvalue weighted by Crippen LogP contribution is -2.38. The molecule has 0 spiro atoms. The number of esters is 1. The van der Waals surface area contributed by atoms with Crippen molar-refractivity contribution < 1.29 is 19.7 Å². The van der Waals surface area contributed by atoms with Gasteiger partial charge in [0.1, 0.15) is 0 Å². The minimum Gasteiger partial charge on any atom is -0.462 e. The van der Waals surface area contributed by atoms with Crippen molar-refractivity contribution in [2.75, 3.05) is 5.33 Å². The third-order valence-corrected chi connectivity index (χ3v) is 4.17. The molecule has 0 aliphatic rings. The number of nitrogens with zero attached hydrogens (tertiary/aromatic N) is 1. The molecule has 0 saturated heterocycles. The second-order valence-corrected chi connectivity index (χ2v) is 6.36. The maximum absolute atomic E-state index is 12.6. The van der Waals surface area contributed by atoms with E-state index in [1.165, 1.54) is 0 Å². The minimum atomic E-state index is -1.42. The molecule has 0 bridgehead atoms. The zero-order chi connectivity index (χ0) is 17.5. The van der Waals surface area contributed by atoms with Crippen molar-refractivity contribution in [3.05, 3.63) is 34.9 Å². The van der Waals surface area contributed by atoms with Crippen molar-refractivity contribution >= 4 is 21.9 Å². The van der Waals surface area contributed by atoms with Crippen molar-refractivity contribution in [1.29, 1.82) is 5.26 Å². The van der Waals surface area contributed by atoms with E-state index in [2.05, 4.69) is 22.0 Å². The van der Waals surface area contributed by atoms with Crippen LogP contribution < -0.4 is 0 Å². The molecule has 0 aliphatic heterocycles. The third-order valence-electron chi connectivity index (χ3n) is 3.61. The number of hydrogen-bond donors (Lipinski definition) is 2. The molecule has 0 amide bonds. The predicted molar refractivity (Wildman–Crippen MR) is 89.8 cm³/mol. The SMILES string of the molecule is CC(C)OC(=O)C(C#N)(CCCBr)c1ccc(CO)c(CO)c1. The molecular weight excluding hydrogens is 362 g/mol. The Labute approximate surface area is 145 Å². The Hall–Kier alpha value is -1.42. The predicted octanol–water partition coefficient (Wildman–Crippen LogP) is 2.56. The van der Waals surface area contributed by atoms with Crippen molar-refractivity contribution in [3.63, 3.8) is 0 Å². The first kappa shape index (κ1) is 19.6. The van der Waals surface area contributed by atoms with Crippen LogP contribution in [0, 0.1) is 11.3 Å². The molecule has 0 fully saturated rings. The standard InChI is InChI=1S/C17H22BrNO4/c1-12(2)23-16(22)17(11-19,6-3-7-18)15-5-4-13(9-20)14(8-15)10-21/h4-5,8,12,20-21H,3,6-7,9-10H2,1-2H3. The van der Waals surface area contributed by atoms with E-state index in [-0.39, 0.29) is 19.3 Å². The van der Waals surface area contributed by atoms with Gasteiger partial charge in [-0.3, -0.25) is 0 Å². The topological polar surface area (TPSA) is 90.6 Å². The van der Waals surface area contributed by atoms with Crippen LogP contribution in [0.1, 0.15) is 43.4 Å². The Balaban J connectivity index is 3.38. The first-order valence-corrected chi connectivity index (χ1v) is 8.59. The first-order chi connectivity index (χ1) is 10.9. The van der Waals surface area contributed by atoms with Crippen molar-refractivity contribution in [2.45, 2.75) is 51.4 Å². The Morgan fingerprint density at radius 3 is 2.48 bits per heavy atom. The maximum atomic E-state index is 12.6. The Morgan fingerprint density at radius 1 is 1.35 bits per heavy atom. The third kappa shape index (κ3) is 4.54. The summed E-state index contributed by atoms with van der Waals surface area (Å²) in [5.41, 5.74) is 0.130. The van der Waals surface area contributed by atoms with Crippen LogP contribution in [0.5, 0.6) is 0 Å². The van der Waals surface area contributed by atoms with Crippen molar-refractivity contribution in [3.8, 4) is 6.07 Å². The summed E-state index contributed by atoms with van der Waals surface area (Å²) in [5.74, 6) is -0.586. The van der Waals surface area contributed by atoms with Gasteiger partial charge >= 0.3 is 5.97 Å². The highest BCUT2D eigenvalue weighted by molar-refractivity contribution is 9.09. The summed E-state index contributed by atoms with van der Waals surface area (Å²) in [7, 11) is 0. The summed E-state index contributed by atoms with van der Waals surface area (Å²) >= 11 is 3.32. The summed E-state index contributed by atoms with van der Waals surface area (Å²) in [5, 5.41) is 29.2. The van der Waals surface area contributed by atoms with Gasteiger partial charge < -0.3 is 14.9 Å². The highest BCUT2D eigenvalue weighted by Gasteiger charge is 2.42. The van der Waals surface area contributed by atoms with Crippen molar-refractivity contribution in [2.24, 2.45) is 0 Å². The normalized spacial score (nSPS) is 13.4. The summed E-state index contributed by atoms with van der Waals surface area (Å²) in [6, 6.07) is 6.99. The zero-order valence-electron chi connectivity index (χ0n) is 13.4. The fourth-order valence-electron chi connectivity index (χ4n) is 2.37. The zero-order valence-corrected chi connectivity index (χ0v) is 15.0. The number of carbonyl (C=O) groups is 1. The van der Waals surface area contributed by atoms with Crippen LogP contribution in [0.4, 0.5) is 0 Å². The molecule has 0 aliphatic carbocycles. The van der Waals surface area contributed by atoms with E-state index in [4.69, 9.17) is 4.74 Å². The summed E-state index contributed by atoms with van der Waals surface area (Å²) in [4.78, 5) is 12.6. The van der Waals surface area contributed by atoms with Crippen LogP contribution in [-0.2, 0) is 28.2 Å². The Morgan fingerprint density at radius 2 is 2.00 bits per heavy atom. The number of rotatable bonds is 8. The average Bonchev–Trinajstić information content (AvgIpc) is 2.54. The van der Waals surface area contributed by atoms with Gasteiger partial charge in [0.05, 0.1) is 25.4 Å². The van der Waals surface area contributed by atoms with Gasteiger partial charge in [0.25, 0.3) is 0 Å². The molecule has 0 saturated carbocycles. The van der Waals surface area contributed by atoms with Gasteiger partial charge in [0.15, 0.2) is 5.41 Å². The van der Waals surface area contributed by atoms with Crippen molar-refractivity contribution in [1.82, 2.24) is 0 Å². The number of alkyl halides is 1. The lowest BCUT2D eigenvalue weighted by Gasteiger charge is -2.27. The number of nitriles is 1. The number of hydrogen-bond acceptors (Lipinski definition) is 5. The molecule has 2 N–H and O–H groups in total. The molecule has 0 heterocycles.